The normalized spacial score (nSPS) is 16.6. The van der Waals surface area contributed by atoms with Crippen LogP contribution in [0.3, 0.4) is 0 Å². The van der Waals surface area contributed by atoms with Gasteiger partial charge in [0, 0.05) is 12.2 Å². The van der Waals surface area contributed by atoms with Gasteiger partial charge in [-0.25, -0.2) is 13.1 Å². The van der Waals surface area contributed by atoms with E-state index in [0.29, 0.717) is 11.7 Å². The standard InChI is InChI=1S/C20H23N3O2S2/c1-15(16-8-3-2-4-9-16)22-27(24,25)19-14-23(17-10-5-6-11-17)21-20(19)18-12-7-13-26-18/h2-4,7-9,12-15,17,22H,5-6,10-11H2,1H3. The maximum atomic E-state index is 13.2. The fraction of sp³-hybridized carbons (Fsp3) is 0.350. The third kappa shape index (κ3) is 3.85. The van der Waals surface area contributed by atoms with Gasteiger partial charge in [0.1, 0.15) is 10.6 Å². The molecule has 0 bridgehead atoms. The van der Waals surface area contributed by atoms with E-state index in [1.165, 1.54) is 24.2 Å². The minimum absolute atomic E-state index is 0.264. The molecule has 0 amide bonds. The molecule has 4 rings (SSSR count). The van der Waals surface area contributed by atoms with Gasteiger partial charge in [0.2, 0.25) is 10.0 Å². The molecule has 0 spiro atoms. The summed E-state index contributed by atoms with van der Waals surface area (Å²) >= 11 is 1.51. The van der Waals surface area contributed by atoms with Crippen molar-refractivity contribution in [2.45, 2.75) is 49.6 Å². The van der Waals surface area contributed by atoms with Gasteiger partial charge in [0.05, 0.1) is 10.9 Å². The van der Waals surface area contributed by atoms with Gasteiger partial charge in [-0.05, 0) is 36.8 Å². The third-order valence-corrected chi connectivity index (χ3v) is 7.49. The van der Waals surface area contributed by atoms with E-state index in [0.717, 1.165) is 23.3 Å². The molecule has 1 aliphatic rings. The van der Waals surface area contributed by atoms with Crippen molar-refractivity contribution in [2.75, 3.05) is 0 Å². The predicted molar refractivity (Wildman–Crippen MR) is 108 cm³/mol. The van der Waals surface area contributed by atoms with Crippen LogP contribution in [0.15, 0.2) is 58.9 Å². The maximum Gasteiger partial charge on any atom is 0.244 e. The van der Waals surface area contributed by atoms with Crippen molar-refractivity contribution < 1.29 is 8.42 Å². The van der Waals surface area contributed by atoms with Crippen LogP contribution >= 0.6 is 11.3 Å². The lowest BCUT2D eigenvalue weighted by molar-refractivity contribution is 0.467. The van der Waals surface area contributed by atoms with Gasteiger partial charge >= 0.3 is 0 Å². The SMILES string of the molecule is CC(NS(=O)(=O)c1cn(C2CCCC2)nc1-c1cccs1)c1ccccc1. The molecule has 3 aromatic rings. The van der Waals surface area contributed by atoms with Crippen molar-refractivity contribution in [1.82, 2.24) is 14.5 Å². The number of hydrogen-bond acceptors (Lipinski definition) is 4. The Kier molecular flexibility index (Phi) is 5.16. The van der Waals surface area contributed by atoms with E-state index >= 15 is 0 Å². The molecule has 1 aromatic carbocycles. The van der Waals surface area contributed by atoms with Crippen molar-refractivity contribution in [1.29, 1.82) is 0 Å². The van der Waals surface area contributed by atoms with Crippen LogP contribution in [0.25, 0.3) is 10.6 Å². The Balaban J connectivity index is 1.70. The first-order chi connectivity index (χ1) is 13.0. The first-order valence-corrected chi connectivity index (χ1v) is 11.6. The molecule has 1 unspecified atom stereocenters. The number of hydrogen-bond donors (Lipinski definition) is 1. The maximum absolute atomic E-state index is 13.2. The summed E-state index contributed by atoms with van der Waals surface area (Å²) in [5.41, 5.74) is 1.48. The summed E-state index contributed by atoms with van der Waals surface area (Å²) in [6.45, 7) is 1.86. The van der Waals surface area contributed by atoms with Crippen molar-refractivity contribution in [3.63, 3.8) is 0 Å². The van der Waals surface area contributed by atoms with Crippen molar-refractivity contribution in [2.24, 2.45) is 0 Å². The fourth-order valence-electron chi connectivity index (χ4n) is 3.62. The highest BCUT2D eigenvalue weighted by Gasteiger charge is 2.28. The summed E-state index contributed by atoms with van der Waals surface area (Å²) in [7, 11) is -3.70. The van der Waals surface area contributed by atoms with E-state index in [1.54, 1.807) is 6.20 Å². The predicted octanol–water partition coefficient (Wildman–Crippen LogP) is 4.77. The van der Waals surface area contributed by atoms with E-state index in [-0.39, 0.29) is 10.9 Å². The lowest BCUT2D eigenvalue weighted by atomic mass is 10.1. The highest BCUT2D eigenvalue weighted by molar-refractivity contribution is 7.89. The molecule has 1 aliphatic carbocycles. The minimum Gasteiger partial charge on any atom is -0.268 e. The van der Waals surface area contributed by atoms with Crippen LogP contribution in [0, 0.1) is 0 Å². The second-order valence-electron chi connectivity index (χ2n) is 6.99. The van der Waals surface area contributed by atoms with Gasteiger partial charge in [-0.1, -0.05) is 49.2 Å². The molecule has 27 heavy (non-hydrogen) atoms. The van der Waals surface area contributed by atoms with E-state index in [9.17, 15) is 8.42 Å². The van der Waals surface area contributed by atoms with Gasteiger partial charge in [-0.3, -0.25) is 4.68 Å². The summed E-state index contributed by atoms with van der Waals surface area (Å²) in [5.74, 6) is 0. The van der Waals surface area contributed by atoms with Crippen LogP contribution < -0.4 is 4.72 Å². The number of nitrogens with one attached hydrogen (secondary N) is 1. The number of rotatable bonds is 6. The molecule has 0 aliphatic heterocycles. The van der Waals surface area contributed by atoms with Crippen LogP contribution in [-0.4, -0.2) is 18.2 Å². The van der Waals surface area contributed by atoms with Gasteiger partial charge in [0.15, 0.2) is 0 Å². The molecule has 1 saturated carbocycles. The molecule has 0 saturated heterocycles. The number of benzene rings is 1. The van der Waals surface area contributed by atoms with Crippen LogP contribution in [0.2, 0.25) is 0 Å². The highest BCUT2D eigenvalue weighted by atomic mass is 32.2. The average molecular weight is 402 g/mol. The van der Waals surface area contributed by atoms with Crippen LogP contribution in [0.1, 0.15) is 50.3 Å². The Bertz CT molecular complexity index is 989. The van der Waals surface area contributed by atoms with Crippen molar-refractivity contribution in [3.05, 3.63) is 59.6 Å². The zero-order valence-corrected chi connectivity index (χ0v) is 16.8. The lowest BCUT2D eigenvalue weighted by Gasteiger charge is -2.14. The molecule has 7 heteroatoms. The van der Waals surface area contributed by atoms with Gasteiger partial charge in [0.25, 0.3) is 0 Å². The Morgan fingerprint density at radius 1 is 1.15 bits per heavy atom. The Morgan fingerprint density at radius 2 is 1.89 bits per heavy atom. The van der Waals surface area contributed by atoms with Gasteiger partial charge < -0.3 is 0 Å². The molecular weight excluding hydrogens is 378 g/mol. The third-order valence-electron chi connectivity index (χ3n) is 5.07. The Labute approximate surface area is 164 Å². The summed E-state index contributed by atoms with van der Waals surface area (Å²) in [6.07, 6.45) is 6.16. The fourth-order valence-corrected chi connectivity index (χ4v) is 5.79. The molecule has 2 heterocycles. The smallest absolute Gasteiger partial charge is 0.244 e. The monoisotopic (exact) mass is 401 g/mol. The molecular formula is C20H23N3O2S2. The first-order valence-electron chi connectivity index (χ1n) is 9.25. The quantitative estimate of drug-likeness (QED) is 0.647. The summed E-state index contributed by atoms with van der Waals surface area (Å²) in [6, 6.07) is 13.4. The summed E-state index contributed by atoms with van der Waals surface area (Å²) in [5, 5.41) is 6.63. The van der Waals surface area contributed by atoms with Crippen LogP contribution in [-0.2, 0) is 10.0 Å². The number of sulfonamides is 1. The molecule has 0 radical (unpaired) electrons. The van der Waals surface area contributed by atoms with Crippen molar-refractivity contribution >= 4 is 21.4 Å². The summed E-state index contributed by atoms with van der Waals surface area (Å²) in [4.78, 5) is 1.14. The zero-order valence-electron chi connectivity index (χ0n) is 15.2. The summed E-state index contributed by atoms with van der Waals surface area (Å²) < 4.78 is 31.1. The number of aromatic nitrogens is 2. The second kappa shape index (κ2) is 7.58. The number of nitrogens with zero attached hydrogens (tertiary/aromatic N) is 2. The molecule has 5 nitrogen and oxygen atoms in total. The zero-order chi connectivity index (χ0) is 18.9. The largest absolute Gasteiger partial charge is 0.268 e. The first kappa shape index (κ1) is 18.4. The lowest BCUT2D eigenvalue weighted by Crippen LogP contribution is -2.27. The van der Waals surface area contributed by atoms with Gasteiger partial charge in [-0.15, -0.1) is 11.3 Å². The highest BCUT2D eigenvalue weighted by Crippen LogP contribution is 2.35. The van der Waals surface area contributed by atoms with Gasteiger partial charge in [-0.2, -0.15) is 5.10 Å². The van der Waals surface area contributed by atoms with E-state index < -0.39 is 10.0 Å². The minimum atomic E-state index is -3.70. The van der Waals surface area contributed by atoms with E-state index in [4.69, 9.17) is 0 Å². The van der Waals surface area contributed by atoms with Crippen LogP contribution in [0.5, 0.6) is 0 Å². The molecule has 1 N–H and O–H groups in total. The average Bonchev–Trinajstić information content (AvgIpc) is 3.41. The second-order valence-corrected chi connectivity index (χ2v) is 9.62. The molecule has 2 aromatic heterocycles. The Morgan fingerprint density at radius 3 is 2.56 bits per heavy atom. The van der Waals surface area contributed by atoms with Crippen LogP contribution in [0.4, 0.5) is 0 Å². The van der Waals surface area contributed by atoms with E-state index in [1.807, 2.05) is 59.5 Å². The molecule has 1 atom stereocenters. The van der Waals surface area contributed by atoms with E-state index in [2.05, 4.69) is 9.82 Å². The number of thiophene rings is 1. The molecule has 1 fully saturated rings. The topological polar surface area (TPSA) is 64.0 Å². The molecule has 142 valence electrons. The van der Waals surface area contributed by atoms with Crippen molar-refractivity contribution in [3.8, 4) is 10.6 Å². The Hall–Kier alpha value is -1.96.